The molecule has 328 valence electrons. The van der Waals surface area contributed by atoms with Crippen LogP contribution in [-0.2, 0) is 5.41 Å². The summed E-state index contributed by atoms with van der Waals surface area (Å²) in [5.74, 6) is 0.385. The molecule has 0 aliphatic carbocycles. The Morgan fingerprint density at radius 2 is 0.418 bits per heavy atom. The van der Waals surface area contributed by atoms with E-state index in [2.05, 4.69) is 274 Å². The molecule has 0 fully saturated rings. The van der Waals surface area contributed by atoms with Crippen LogP contribution in [0.4, 0.5) is 0 Å². The first-order chi connectivity index (χ1) is 32.9. The third kappa shape index (κ3) is 6.17. The van der Waals surface area contributed by atoms with E-state index < -0.39 is 24.0 Å². The van der Waals surface area contributed by atoms with Gasteiger partial charge in [0.15, 0.2) is 0 Å². The standard InChI is InChI=1S/C63H54O2P2/c1-63(50-42-46-52(64)47-43-50,51-44-48-53(65)49-45-51)62(66(54-26-10-2-11-27-54,55-28-12-3-13-29-55,56-30-14-4-15-31-56)57-32-16-5-17-33-57)67(58-34-18-6-19-35-58,59-36-20-7-21-37-59,60-38-22-8-23-39-60)61-40-24-9-25-41-61/h2-49,62,64-65H,1H3. The SMILES string of the molecule is CC(c1ccc(O)cc1)(c1ccc(O)cc1)C(P(c1ccccc1)(c1ccccc1)(c1ccccc1)c1ccccc1)P(c1ccccc1)(c1ccccc1)(c1ccccc1)c1ccccc1. The number of benzene rings is 10. The van der Waals surface area contributed by atoms with Crippen LogP contribution in [0.3, 0.4) is 0 Å². The van der Waals surface area contributed by atoms with E-state index in [1.54, 1.807) is 0 Å². The summed E-state index contributed by atoms with van der Waals surface area (Å²) in [5.41, 5.74) is 1.06. The second kappa shape index (κ2) is 17.5. The maximum absolute atomic E-state index is 11.3. The number of aromatic hydroxyl groups is 2. The van der Waals surface area contributed by atoms with Gasteiger partial charge in [0.25, 0.3) is 0 Å². The van der Waals surface area contributed by atoms with Crippen molar-refractivity contribution in [3.63, 3.8) is 0 Å². The summed E-state index contributed by atoms with van der Waals surface area (Å²) in [7, 11) is 0. The molecule has 0 atom stereocenters. The summed E-state index contributed by atoms with van der Waals surface area (Å²) in [5, 5.41) is 31.9. The Morgan fingerprint density at radius 3 is 0.582 bits per heavy atom. The molecule has 0 saturated heterocycles. The van der Waals surface area contributed by atoms with Crippen LogP contribution in [0, 0.1) is 0 Å². The second-order valence-electron chi connectivity index (χ2n) is 17.7. The first-order valence-corrected chi connectivity index (χ1v) is 27.6. The summed E-state index contributed by atoms with van der Waals surface area (Å²) < 4.78 is 0. The molecule has 0 aliphatic heterocycles. The maximum atomic E-state index is 11.3. The van der Waals surface area contributed by atoms with Gasteiger partial charge in [-0.05, 0) is 0 Å². The number of hydrogen-bond donors (Lipinski definition) is 2. The average molecular weight is 905 g/mol. The summed E-state index contributed by atoms with van der Waals surface area (Å²) in [4.78, 5) is 0. The van der Waals surface area contributed by atoms with Crippen LogP contribution in [-0.4, -0.2) is 15.6 Å². The Morgan fingerprint density at radius 1 is 0.254 bits per heavy atom. The van der Waals surface area contributed by atoms with E-state index in [1.165, 1.54) is 42.4 Å². The molecule has 0 amide bonds. The number of rotatable bonds is 13. The van der Waals surface area contributed by atoms with Gasteiger partial charge in [-0.25, -0.2) is 0 Å². The van der Waals surface area contributed by atoms with Gasteiger partial charge in [0.1, 0.15) is 0 Å². The van der Waals surface area contributed by atoms with Crippen LogP contribution >= 0.6 is 13.2 Å². The van der Waals surface area contributed by atoms with Gasteiger partial charge >= 0.3 is 397 Å². The normalized spacial score (nSPS) is 13.6. The molecular formula is C63H54O2P2. The number of hydrogen-bond acceptors (Lipinski definition) is 2. The third-order valence-corrected chi connectivity index (χ3v) is 31.5. The molecule has 0 radical (unpaired) electrons. The van der Waals surface area contributed by atoms with Crippen molar-refractivity contribution in [1.29, 1.82) is 0 Å². The van der Waals surface area contributed by atoms with E-state index in [0.29, 0.717) is 0 Å². The zero-order valence-corrected chi connectivity index (χ0v) is 39.4. The molecule has 67 heavy (non-hydrogen) atoms. The summed E-state index contributed by atoms with van der Waals surface area (Å²) in [6.45, 7) is -6.75. The zero-order valence-electron chi connectivity index (χ0n) is 37.6. The number of phenols is 2. The first-order valence-electron chi connectivity index (χ1n) is 23.0. The fourth-order valence-corrected chi connectivity index (χ4v) is 34.1. The van der Waals surface area contributed by atoms with Crippen molar-refractivity contribution in [2.24, 2.45) is 0 Å². The number of phenolic OH excluding ortho intramolecular Hbond substituents is 2. The summed E-state index contributed by atoms with van der Waals surface area (Å²) in [6, 6.07) is 107. The van der Waals surface area contributed by atoms with Crippen molar-refractivity contribution in [3.05, 3.63) is 302 Å². The van der Waals surface area contributed by atoms with Crippen molar-refractivity contribution in [2.45, 2.75) is 17.7 Å². The van der Waals surface area contributed by atoms with Crippen LogP contribution in [0.25, 0.3) is 0 Å². The third-order valence-electron chi connectivity index (χ3n) is 14.8. The Balaban J connectivity index is 1.71. The molecule has 10 rings (SSSR count). The van der Waals surface area contributed by atoms with Gasteiger partial charge in [0.05, 0.1) is 0 Å². The van der Waals surface area contributed by atoms with Crippen LogP contribution in [0.1, 0.15) is 18.1 Å². The molecule has 10 aromatic rings. The molecule has 0 spiro atoms. The molecule has 2 nitrogen and oxygen atoms in total. The van der Waals surface area contributed by atoms with Gasteiger partial charge in [-0.15, -0.1) is 0 Å². The van der Waals surface area contributed by atoms with Gasteiger partial charge in [0.2, 0.25) is 0 Å². The Kier molecular flexibility index (Phi) is 11.4. The van der Waals surface area contributed by atoms with Crippen molar-refractivity contribution in [3.8, 4) is 11.5 Å². The molecule has 4 heteroatoms. The quantitative estimate of drug-likeness (QED) is 0.113. The molecule has 0 aromatic heterocycles. The predicted octanol–water partition coefficient (Wildman–Crippen LogP) is 11.4. The minimum absolute atomic E-state index is 0.192. The fraction of sp³-hybridized carbons (Fsp3) is 0.0476. The Hall–Kier alpha value is -7.34. The minimum atomic E-state index is -4.61. The fourth-order valence-electron chi connectivity index (χ4n) is 12.4. The van der Waals surface area contributed by atoms with Gasteiger partial charge in [-0.2, -0.15) is 0 Å². The van der Waals surface area contributed by atoms with Gasteiger partial charge in [0, 0.05) is 0 Å². The molecule has 0 aliphatic rings. The van der Waals surface area contributed by atoms with Crippen LogP contribution in [0.15, 0.2) is 291 Å². The average Bonchev–Trinajstić information content (AvgIpc) is 3.41. The van der Waals surface area contributed by atoms with Crippen LogP contribution < -0.4 is 42.4 Å². The molecular weight excluding hydrogens is 851 g/mol. The van der Waals surface area contributed by atoms with E-state index in [4.69, 9.17) is 0 Å². The second-order valence-corrected chi connectivity index (χ2v) is 28.0. The van der Waals surface area contributed by atoms with Gasteiger partial charge in [-0.3, -0.25) is 0 Å². The van der Waals surface area contributed by atoms with Crippen LogP contribution in [0.5, 0.6) is 11.5 Å². The topological polar surface area (TPSA) is 40.5 Å². The summed E-state index contributed by atoms with van der Waals surface area (Å²) >= 11 is 0. The predicted molar refractivity (Wildman–Crippen MR) is 289 cm³/mol. The summed E-state index contributed by atoms with van der Waals surface area (Å²) in [6.07, 6.45) is 0. The Labute approximate surface area is 395 Å². The first kappa shape index (κ1) is 43.5. The van der Waals surface area contributed by atoms with E-state index in [9.17, 15) is 10.2 Å². The van der Waals surface area contributed by atoms with Crippen molar-refractivity contribution in [2.75, 3.05) is 0 Å². The van der Waals surface area contributed by atoms with Gasteiger partial charge < -0.3 is 0 Å². The van der Waals surface area contributed by atoms with E-state index in [-0.39, 0.29) is 11.5 Å². The monoisotopic (exact) mass is 904 g/mol. The van der Waals surface area contributed by atoms with E-state index >= 15 is 0 Å². The molecule has 10 aromatic carbocycles. The van der Waals surface area contributed by atoms with E-state index in [0.717, 1.165) is 11.1 Å². The van der Waals surface area contributed by atoms with Crippen molar-refractivity contribution >= 4 is 55.6 Å². The molecule has 0 heterocycles. The molecule has 0 unspecified atom stereocenters. The zero-order chi connectivity index (χ0) is 45.8. The van der Waals surface area contributed by atoms with Crippen molar-refractivity contribution < 1.29 is 10.2 Å². The Bertz CT molecular complexity index is 2630. The molecule has 0 saturated carbocycles. The van der Waals surface area contributed by atoms with Gasteiger partial charge in [-0.1, -0.05) is 0 Å². The van der Waals surface area contributed by atoms with Crippen LogP contribution in [0.2, 0.25) is 0 Å². The molecule has 0 bridgehead atoms. The molecule has 2 N–H and O–H groups in total. The van der Waals surface area contributed by atoms with E-state index in [1.807, 2.05) is 24.3 Å². The van der Waals surface area contributed by atoms with Crippen molar-refractivity contribution in [1.82, 2.24) is 0 Å².